The third-order valence-corrected chi connectivity index (χ3v) is 3.88. The van der Waals surface area contributed by atoms with E-state index in [1.807, 2.05) is 48.3 Å². The van der Waals surface area contributed by atoms with Crippen molar-refractivity contribution in [3.63, 3.8) is 0 Å². The first-order valence-corrected chi connectivity index (χ1v) is 7.70. The van der Waals surface area contributed by atoms with Crippen LogP contribution in [0.5, 0.6) is 5.75 Å². The van der Waals surface area contributed by atoms with Crippen LogP contribution in [0, 0.1) is 12.8 Å². The minimum Gasteiger partial charge on any atom is -0.492 e. The zero-order valence-electron chi connectivity index (χ0n) is 12.8. The molecule has 22 heavy (non-hydrogen) atoms. The van der Waals surface area contributed by atoms with Gasteiger partial charge in [0.15, 0.2) is 0 Å². The van der Waals surface area contributed by atoms with E-state index in [0.717, 1.165) is 36.3 Å². The minimum absolute atomic E-state index is 0.0751. The maximum Gasteiger partial charge on any atom is 0.226 e. The summed E-state index contributed by atoms with van der Waals surface area (Å²) in [6.07, 6.45) is 5.47. The predicted octanol–water partition coefficient (Wildman–Crippen LogP) is 1.95. The highest BCUT2D eigenvalue weighted by molar-refractivity contribution is 5.79. The highest BCUT2D eigenvalue weighted by atomic mass is 16.5. The van der Waals surface area contributed by atoms with Gasteiger partial charge in [-0.05, 0) is 37.0 Å². The molecule has 0 saturated heterocycles. The molecule has 0 saturated carbocycles. The van der Waals surface area contributed by atoms with Crippen LogP contribution in [-0.2, 0) is 17.8 Å². The van der Waals surface area contributed by atoms with E-state index in [1.54, 1.807) is 0 Å². The fourth-order valence-electron chi connectivity index (χ4n) is 2.68. The number of ether oxygens (including phenoxy) is 1. The summed E-state index contributed by atoms with van der Waals surface area (Å²) in [5, 5.41) is 7.23. The Balaban J connectivity index is 1.43. The number of fused-ring (bicyclic) bond motifs is 1. The molecule has 1 aliphatic heterocycles. The number of amides is 1. The molecule has 1 atom stereocenters. The molecule has 3 rings (SSSR count). The van der Waals surface area contributed by atoms with Gasteiger partial charge in [0.2, 0.25) is 5.91 Å². The maximum absolute atomic E-state index is 12.2. The molecule has 2 heterocycles. The number of nitrogens with zero attached hydrogens (tertiary/aromatic N) is 2. The van der Waals surface area contributed by atoms with Crippen LogP contribution in [0.2, 0.25) is 0 Å². The summed E-state index contributed by atoms with van der Waals surface area (Å²) in [6, 6.07) is 7.91. The molecule has 0 unspecified atom stereocenters. The van der Waals surface area contributed by atoms with Gasteiger partial charge in [-0.1, -0.05) is 18.2 Å². The Morgan fingerprint density at radius 3 is 3.14 bits per heavy atom. The lowest BCUT2D eigenvalue weighted by molar-refractivity contribution is -0.126. The molecule has 0 fully saturated rings. The van der Waals surface area contributed by atoms with E-state index in [0.29, 0.717) is 13.2 Å². The molecule has 1 aromatic heterocycles. The third-order valence-electron chi connectivity index (χ3n) is 3.88. The predicted molar refractivity (Wildman–Crippen MR) is 83.7 cm³/mol. The number of para-hydroxylation sites is 1. The molecule has 2 aromatic rings. The van der Waals surface area contributed by atoms with Gasteiger partial charge in [0.1, 0.15) is 12.4 Å². The average Bonchev–Trinajstić information content (AvgIpc) is 2.96. The van der Waals surface area contributed by atoms with Crippen LogP contribution < -0.4 is 10.1 Å². The number of nitrogens with one attached hydrogen (secondary N) is 1. The molecule has 0 radical (unpaired) electrons. The number of carbonyl (C=O) groups excluding carboxylic acids is 1. The van der Waals surface area contributed by atoms with Crippen molar-refractivity contribution in [3.8, 4) is 5.75 Å². The van der Waals surface area contributed by atoms with Gasteiger partial charge in [0.25, 0.3) is 0 Å². The standard InChI is InChI=1S/C17H21N3O2/c1-13-10-19-20(11-13)8-4-7-18-17(21)15-9-14-5-2-3-6-16(14)22-12-15/h2-3,5-6,10-11,15H,4,7-9,12H2,1H3,(H,18,21)/t15-/m0/s1. The summed E-state index contributed by atoms with van der Waals surface area (Å²) in [4.78, 5) is 12.2. The number of hydrogen-bond donors (Lipinski definition) is 1. The average molecular weight is 299 g/mol. The number of aromatic nitrogens is 2. The second-order valence-electron chi connectivity index (χ2n) is 5.75. The number of benzene rings is 1. The van der Waals surface area contributed by atoms with Crippen LogP contribution >= 0.6 is 0 Å². The highest BCUT2D eigenvalue weighted by Crippen LogP contribution is 2.26. The summed E-state index contributed by atoms with van der Waals surface area (Å²) in [7, 11) is 0. The first-order chi connectivity index (χ1) is 10.7. The second-order valence-corrected chi connectivity index (χ2v) is 5.75. The zero-order valence-corrected chi connectivity index (χ0v) is 12.8. The van der Waals surface area contributed by atoms with E-state index in [1.165, 1.54) is 0 Å². The van der Waals surface area contributed by atoms with Gasteiger partial charge in [-0.3, -0.25) is 9.48 Å². The van der Waals surface area contributed by atoms with Crippen LogP contribution in [0.3, 0.4) is 0 Å². The largest absolute Gasteiger partial charge is 0.492 e. The normalized spacial score (nSPS) is 16.7. The molecule has 116 valence electrons. The van der Waals surface area contributed by atoms with Crippen molar-refractivity contribution in [3.05, 3.63) is 47.8 Å². The molecule has 0 spiro atoms. The van der Waals surface area contributed by atoms with Crippen LogP contribution in [-0.4, -0.2) is 28.8 Å². The number of rotatable bonds is 5. The lowest BCUT2D eigenvalue weighted by atomic mass is 9.96. The van der Waals surface area contributed by atoms with Crippen molar-refractivity contribution >= 4 is 5.91 Å². The van der Waals surface area contributed by atoms with Crippen LogP contribution in [0.1, 0.15) is 17.5 Å². The van der Waals surface area contributed by atoms with Gasteiger partial charge in [-0.15, -0.1) is 0 Å². The van der Waals surface area contributed by atoms with Crippen LogP contribution in [0.25, 0.3) is 0 Å². The van der Waals surface area contributed by atoms with E-state index in [4.69, 9.17) is 4.74 Å². The van der Waals surface area contributed by atoms with Gasteiger partial charge in [0.05, 0.1) is 12.1 Å². The van der Waals surface area contributed by atoms with Gasteiger partial charge < -0.3 is 10.1 Å². The summed E-state index contributed by atoms with van der Waals surface area (Å²) < 4.78 is 7.56. The van der Waals surface area contributed by atoms with Crippen molar-refractivity contribution in [2.45, 2.75) is 26.3 Å². The minimum atomic E-state index is -0.0955. The van der Waals surface area contributed by atoms with E-state index in [2.05, 4.69) is 10.4 Å². The van der Waals surface area contributed by atoms with Gasteiger partial charge >= 0.3 is 0 Å². The SMILES string of the molecule is Cc1cnn(CCCNC(=O)[C@@H]2COc3ccccc3C2)c1. The highest BCUT2D eigenvalue weighted by Gasteiger charge is 2.25. The summed E-state index contributed by atoms with van der Waals surface area (Å²) >= 11 is 0. The Morgan fingerprint density at radius 2 is 2.32 bits per heavy atom. The molecule has 1 amide bonds. The first kappa shape index (κ1) is 14.6. The third kappa shape index (κ3) is 3.47. The quantitative estimate of drug-likeness (QED) is 0.859. The first-order valence-electron chi connectivity index (χ1n) is 7.70. The van der Waals surface area contributed by atoms with Gasteiger partial charge in [0, 0.05) is 19.3 Å². The van der Waals surface area contributed by atoms with Crippen LogP contribution in [0.15, 0.2) is 36.7 Å². The van der Waals surface area contributed by atoms with E-state index in [9.17, 15) is 4.79 Å². The number of carbonyl (C=O) groups is 1. The summed E-state index contributed by atoms with van der Waals surface area (Å²) in [5.74, 6) is 0.883. The Kier molecular flexibility index (Phi) is 4.42. The molecule has 5 heteroatoms. The van der Waals surface area contributed by atoms with E-state index in [-0.39, 0.29) is 11.8 Å². The fraction of sp³-hybridized carbons (Fsp3) is 0.412. The van der Waals surface area contributed by atoms with Crippen molar-refractivity contribution in [2.75, 3.05) is 13.2 Å². The van der Waals surface area contributed by atoms with Crippen molar-refractivity contribution in [2.24, 2.45) is 5.92 Å². The molecule has 1 N–H and O–H groups in total. The fourth-order valence-corrected chi connectivity index (χ4v) is 2.68. The van der Waals surface area contributed by atoms with E-state index < -0.39 is 0 Å². The number of aryl methyl sites for hydroxylation is 2. The maximum atomic E-state index is 12.2. The zero-order chi connectivity index (χ0) is 15.4. The van der Waals surface area contributed by atoms with Crippen molar-refractivity contribution < 1.29 is 9.53 Å². The monoisotopic (exact) mass is 299 g/mol. The lowest BCUT2D eigenvalue weighted by Gasteiger charge is -2.24. The Bertz CT molecular complexity index is 651. The lowest BCUT2D eigenvalue weighted by Crippen LogP contribution is -2.38. The number of hydrogen-bond acceptors (Lipinski definition) is 3. The Labute approximate surface area is 130 Å². The Morgan fingerprint density at radius 1 is 1.45 bits per heavy atom. The molecule has 1 aliphatic rings. The topological polar surface area (TPSA) is 56.2 Å². The van der Waals surface area contributed by atoms with Crippen molar-refractivity contribution in [1.29, 1.82) is 0 Å². The van der Waals surface area contributed by atoms with E-state index >= 15 is 0 Å². The molecule has 1 aromatic carbocycles. The summed E-state index contributed by atoms with van der Waals surface area (Å²) in [6.45, 7) is 3.96. The molecule has 0 bridgehead atoms. The van der Waals surface area contributed by atoms with Gasteiger partial charge in [-0.25, -0.2) is 0 Å². The Hall–Kier alpha value is -2.30. The van der Waals surface area contributed by atoms with Crippen LogP contribution in [0.4, 0.5) is 0 Å². The smallest absolute Gasteiger partial charge is 0.226 e. The summed E-state index contributed by atoms with van der Waals surface area (Å²) in [5.41, 5.74) is 2.27. The van der Waals surface area contributed by atoms with Gasteiger partial charge in [-0.2, -0.15) is 5.10 Å². The molecular weight excluding hydrogens is 278 g/mol. The second kappa shape index (κ2) is 6.64. The molecule has 5 nitrogen and oxygen atoms in total. The molecular formula is C17H21N3O2. The molecule has 0 aliphatic carbocycles. The van der Waals surface area contributed by atoms with Crippen molar-refractivity contribution in [1.82, 2.24) is 15.1 Å².